The van der Waals surface area contributed by atoms with E-state index in [-0.39, 0.29) is 15.0 Å². The van der Waals surface area contributed by atoms with Crippen molar-refractivity contribution in [3.63, 3.8) is 0 Å². The Morgan fingerprint density at radius 2 is 1.74 bits per heavy atom. The standard InChI is InChI=1S/C6H9ClN2O6S4/c1-4-5(19(7,14)15)16-6(8-4)9-18(12,13)3-17(2,10)11/h3H2,1-2H3,(H,8,9). The summed E-state index contributed by atoms with van der Waals surface area (Å²) < 4.78 is 68.6. The molecule has 0 aliphatic rings. The second-order valence-corrected chi connectivity index (χ2v) is 11.6. The van der Waals surface area contributed by atoms with Crippen molar-refractivity contribution in [1.82, 2.24) is 4.98 Å². The van der Waals surface area contributed by atoms with E-state index >= 15 is 0 Å². The number of nitrogens with zero attached hydrogens (tertiary/aromatic N) is 1. The van der Waals surface area contributed by atoms with E-state index in [9.17, 15) is 25.3 Å². The van der Waals surface area contributed by atoms with Crippen molar-refractivity contribution in [2.24, 2.45) is 0 Å². The first-order chi connectivity index (χ1) is 8.30. The first-order valence-electron chi connectivity index (χ1n) is 4.40. The largest absolute Gasteiger partial charge is 0.272 e. The third-order valence-corrected chi connectivity index (χ3v) is 8.43. The first-order valence-corrected chi connectivity index (χ1v) is 11.2. The molecule has 8 nitrogen and oxygen atoms in total. The Hall–Kier alpha value is -0.430. The fourth-order valence-electron chi connectivity index (χ4n) is 1.10. The van der Waals surface area contributed by atoms with E-state index in [1.54, 1.807) is 0 Å². The molecule has 1 aromatic heterocycles. The fourth-order valence-corrected chi connectivity index (χ4v) is 6.65. The van der Waals surface area contributed by atoms with Crippen LogP contribution in [-0.4, -0.2) is 41.6 Å². The number of sulfonamides is 1. The number of sulfone groups is 1. The lowest BCUT2D eigenvalue weighted by Crippen LogP contribution is -2.22. The normalized spacial score (nSPS) is 13.4. The summed E-state index contributed by atoms with van der Waals surface area (Å²) >= 11 is 0.503. The lowest BCUT2D eigenvalue weighted by atomic mass is 10.6. The van der Waals surface area contributed by atoms with Gasteiger partial charge in [0, 0.05) is 16.9 Å². The SMILES string of the molecule is Cc1nc(NS(=O)(=O)CS(C)(=O)=O)sc1S(=O)(=O)Cl. The maximum Gasteiger partial charge on any atom is 0.272 e. The minimum atomic E-state index is -4.17. The van der Waals surface area contributed by atoms with Gasteiger partial charge in [0.25, 0.3) is 9.05 Å². The van der Waals surface area contributed by atoms with Crippen LogP contribution in [0.25, 0.3) is 0 Å². The Balaban J connectivity index is 3.09. The molecule has 110 valence electrons. The molecule has 0 bridgehead atoms. The molecule has 13 heteroatoms. The number of aromatic nitrogens is 1. The average Bonchev–Trinajstić information content (AvgIpc) is 2.39. The van der Waals surface area contributed by atoms with Crippen LogP contribution in [-0.2, 0) is 28.9 Å². The monoisotopic (exact) mass is 368 g/mol. The lowest BCUT2D eigenvalue weighted by Gasteiger charge is -2.02. The minimum absolute atomic E-state index is 0.0251. The Labute approximate surface area is 119 Å². The number of thiazole rings is 1. The van der Waals surface area contributed by atoms with Crippen molar-refractivity contribution in [1.29, 1.82) is 0 Å². The first kappa shape index (κ1) is 16.6. The third-order valence-electron chi connectivity index (χ3n) is 1.59. The summed E-state index contributed by atoms with van der Waals surface area (Å²) in [6.45, 7) is 1.33. The lowest BCUT2D eigenvalue weighted by molar-refractivity contribution is 0.594. The van der Waals surface area contributed by atoms with Crippen LogP contribution in [0.15, 0.2) is 4.21 Å². The van der Waals surface area contributed by atoms with Gasteiger partial charge in [0.05, 0.1) is 5.69 Å². The highest BCUT2D eigenvalue weighted by Gasteiger charge is 2.23. The highest BCUT2D eigenvalue weighted by molar-refractivity contribution is 8.15. The van der Waals surface area contributed by atoms with Gasteiger partial charge in [-0.1, -0.05) is 11.3 Å². The predicted octanol–water partition coefficient (Wildman–Crippen LogP) is 0.123. The molecule has 0 radical (unpaired) electrons. The zero-order valence-corrected chi connectivity index (χ0v) is 13.6. The Morgan fingerprint density at radius 3 is 2.11 bits per heavy atom. The summed E-state index contributed by atoms with van der Waals surface area (Å²) in [6, 6.07) is 0. The van der Waals surface area contributed by atoms with Crippen LogP contribution in [0.5, 0.6) is 0 Å². The molecule has 1 rings (SSSR count). The van der Waals surface area contributed by atoms with Crippen LogP contribution in [0.3, 0.4) is 0 Å². The van der Waals surface area contributed by atoms with Crippen molar-refractivity contribution in [3.05, 3.63) is 5.69 Å². The van der Waals surface area contributed by atoms with E-state index < -0.39 is 34.0 Å². The molecule has 1 N–H and O–H groups in total. The van der Waals surface area contributed by atoms with E-state index in [4.69, 9.17) is 10.7 Å². The molecule has 0 saturated carbocycles. The molecule has 0 fully saturated rings. The summed E-state index contributed by atoms with van der Waals surface area (Å²) in [5, 5.41) is -1.39. The topological polar surface area (TPSA) is 127 Å². The van der Waals surface area contributed by atoms with Gasteiger partial charge in [-0.15, -0.1) is 0 Å². The summed E-state index contributed by atoms with van der Waals surface area (Å²) in [5.41, 5.74) is 0.0251. The molecular formula is C6H9ClN2O6S4. The molecule has 0 atom stereocenters. The molecule has 1 aromatic rings. The Bertz CT molecular complexity index is 791. The summed E-state index contributed by atoms with van der Waals surface area (Å²) in [5.74, 6) is 0. The van der Waals surface area contributed by atoms with Gasteiger partial charge >= 0.3 is 0 Å². The quantitative estimate of drug-likeness (QED) is 0.731. The van der Waals surface area contributed by atoms with E-state index in [0.717, 1.165) is 6.26 Å². The summed E-state index contributed by atoms with van der Waals surface area (Å²) in [7, 11) is -6.82. The molecule has 1 heterocycles. The van der Waals surface area contributed by atoms with Crippen molar-refractivity contribution < 1.29 is 25.3 Å². The van der Waals surface area contributed by atoms with Crippen LogP contribution < -0.4 is 4.72 Å². The molecule has 0 spiro atoms. The number of rotatable bonds is 5. The van der Waals surface area contributed by atoms with Crippen molar-refractivity contribution in [3.8, 4) is 0 Å². The number of aryl methyl sites for hydroxylation is 1. The molecule has 0 aliphatic carbocycles. The fraction of sp³-hybridized carbons (Fsp3) is 0.500. The van der Waals surface area contributed by atoms with Crippen LogP contribution in [0.2, 0.25) is 0 Å². The van der Waals surface area contributed by atoms with Crippen LogP contribution in [0.1, 0.15) is 5.69 Å². The molecule has 0 aromatic carbocycles. The smallest absolute Gasteiger partial charge is 0.258 e. The van der Waals surface area contributed by atoms with Gasteiger partial charge in [0.2, 0.25) is 10.0 Å². The van der Waals surface area contributed by atoms with Gasteiger partial charge in [-0.2, -0.15) is 0 Å². The van der Waals surface area contributed by atoms with E-state index in [1.807, 2.05) is 4.72 Å². The zero-order valence-electron chi connectivity index (χ0n) is 9.61. The van der Waals surface area contributed by atoms with E-state index in [0.29, 0.717) is 11.3 Å². The summed E-state index contributed by atoms with van der Waals surface area (Å²) in [4.78, 5) is 3.66. The molecule has 0 saturated heterocycles. The maximum absolute atomic E-state index is 11.5. The van der Waals surface area contributed by atoms with Gasteiger partial charge in [-0.25, -0.2) is 30.2 Å². The van der Waals surface area contributed by atoms with E-state index in [1.165, 1.54) is 6.92 Å². The van der Waals surface area contributed by atoms with Crippen molar-refractivity contribution >= 4 is 56.1 Å². The second-order valence-electron chi connectivity index (χ2n) is 3.59. The van der Waals surface area contributed by atoms with Crippen molar-refractivity contribution in [2.45, 2.75) is 11.1 Å². The highest BCUT2D eigenvalue weighted by atomic mass is 35.7. The highest BCUT2D eigenvalue weighted by Crippen LogP contribution is 2.30. The minimum Gasteiger partial charge on any atom is -0.258 e. The molecule has 0 aliphatic heterocycles. The molecule has 19 heavy (non-hydrogen) atoms. The molecule has 0 amide bonds. The average molecular weight is 369 g/mol. The zero-order chi connectivity index (χ0) is 15.1. The summed E-state index contributed by atoms with van der Waals surface area (Å²) in [6.07, 6.45) is 0.758. The Kier molecular flexibility index (Phi) is 4.52. The maximum atomic E-state index is 11.5. The number of halogens is 1. The molecular weight excluding hydrogens is 360 g/mol. The third kappa shape index (κ3) is 5.22. The van der Waals surface area contributed by atoms with Gasteiger partial charge in [-0.05, 0) is 6.92 Å². The van der Waals surface area contributed by atoms with E-state index in [2.05, 4.69) is 4.98 Å². The van der Waals surface area contributed by atoms with Gasteiger partial charge in [0.1, 0.15) is 0 Å². The van der Waals surface area contributed by atoms with Gasteiger partial charge in [-0.3, -0.25) is 4.72 Å². The van der Waals surface area contributed by atoms with Crippen molar-refractivity contribution in [2.75, 3.05) is 16.1 Å². The number of hydrogen-bond acceptors (Lipinski definition) is 8. The van der Waals surface area contributed by atoms with Gasteiger partial charge in [0.15, 0.2) is 24.3 Å². The number of hydrogen-bond donors (Lipinski definition) is 1. The van der Waals surface area contributed by atoms with Crippen LogP contribution in [0, 0.1) is 6.92 Å². The van der Waals surface area contributed by atoms with Crippen LogP contribution in [0.4, 0.5) is 5.13 Å². The Morgan fingerprint density at radius 1 is 1.21 bits per heavy atom. The van der Waals surface area contributed by atoms with Gasteiger partial charge < -0.3 is 0 Å². The second kappa shape index (κ2) is 5.16. The number of anilines is 1. The molecule has 0 unspecified atom stereocenters. The predicted molar refractivity (Wildman–Crippen MR) is 72.1 cm³/mol. The number of nitrogens with one attached hydrogen (secondary N) is 1. The van der Waals surface area contributed by atoms with Crippen LogP contribution >= 0.6 is 22.0 Å².